The molecule has 0 aliphatic heterocycles. The molecule has 3 aromatic heterocycles. The minimum atomic E-state index is 0.536. The van der Waals surface area contributed by atoms with Crippen LogP contribution in [0.4, 0.5) is 0 Å². The number of hydrogen-bond acceptors (Lipinski definition) is 4. The van der Waals surface area contributed by atoms with Gasteiger partial charge in [0.05, 0.1) is 11.7 Å². The molecule has 0 unspecified atom stereocenters. The first-order chi connectivity index (χ1) is 10.3. The van der Waals surface area contributed by atoms with Crippen molar-refractivity contribution in [1.82, 2.24) is 24.6 Å². The Bertz CT molecular complexity index is 601. The van der Waals surface area contributed by atoms with Crippen LogP contribution in [0.3, 0.4) is 0 Å². The van der Waals surface area contributed by atoms with Gasteiger partial charge in [0.2, 0.25) is 0 Å². The van der Waals surface area contributed by atoms with Gasteiger partial charge in [-0.05, 0) is 18.9 Å². The third kappa shape index (κ3) is 3.78. The highest BCUT2D eigenvalue weighted by atomic mass is 15.2. The standard InChI is InChI=1S/C7H5N5.C6H13N.C2H6/c1-2-8-7-5(1)12-4-10-11-6(12)3-9-7;7-6-4-2-1-3-5-6;1-2/h1-4,8H;6H,1-5,7H2;1-2H3. The summed E-state index contributed by atoms with van der Waals surface area (Å²) in [5, 5.41) is 7.68. The maximum absolute atomic E-state index is 5.63. The second kappa shape index (κ2) is 7.73. The van der Waals surface area contributed by atoms with Gasteiger partial charge in [-0.15, -0.1) is 10.2 Å². The maximum Gasteiger partial charge on any atom is 0.179 e. The number of hydrogen-bond donors (Lipinski definition) is 2. The number of aromatic nitrogens is 5. The molecule has 21 heavy (non-hydrogen) atoms. The molecule has 0 radical (unpaired) electrons. The van der Waals surface area contributed by atoms with Crippen molar-refractivity contribution in [3.05, 3.63) is 24.8 Å². The Kier molecular flexibility index (Phi) is 5.68. The average molecular weight is 288 g/mol. The minimum absolute atomic E-state index is 0.536. The van der Waals surface area contributed by atoms with Crippen LogP contribution in [0, 0.1) is 0 Å². The molecule has 1 aliphatic carbocycles. The number of fused-ring (bicyclic) bond motifs is 3. The quantitative estimate of drug-likeness (QED) is 0.666. The molecule has 0 spiro atoms. The molecular weight excluding hydrogens is 264 g/mol. The summed E-state index contributed by atoms with van der Waals surface area (Å²) in [7, 11) is 0. The second-order valence-corrected chi connectivity index (χ2v) is 4.93. The van der Waals surface area contributed by atoms with Gasteiger partial charge in [-0.3, -0.25) is 4.40 Å². The molecule has 1 saturated carbocycles. The van der Waals surface area contributed by atoms with Gasteiger partial charge in [-0.2, -0.15) is 0 Å². The summed E-state index contributed by atoms with van der Waals surface area (Å²) in [4.78, 5) is 7.18. The Morgan fingerprint density at radius 1 is 1.24 bits per heavy atom. The first-order valence-corrected chi connectivity index (χ1v) is 7.72. The molecule has 6 nitrogen and oxygen atoms in total. The van der Waals surface area contributed by atoms with Gasteiger partial charge >= 0.3 is 0 Å². The van der Waals surface area contributed by atoms with Crippen LogP contribution in [0.25, 0.3) is 16.8 Å². The summed E-state index contributed by atoms with van der Waals surface area (Å²) in [6, 6.07) is 2.48. The normalized spacial score (nSPS) is 15.2. The lowest BCUT2D eigenvalue weighted by Crippen LogP contribution is -2.22. The minimum Gasteiger partial charge on any atom is -0.345 e. The van der Waals surface area contributed by atoms with Gasteiger partial charge in [0, 0.05) is 12.2 Å². The van der Waals surface area contributed by atoms with E-state index < -0.39 is 0 Å². The number of nitrogens with one attached hydrogen (secondary N) is 1. The Morgan fingerprint density at radius 2 is 2.00 bits per heavy atom. The van der Waals surface area contributed by atoms with Crippen molar-refractivity contribution in [1.29, 1.82) is 0 Å². The fraction of sp³-hybridized carbons (Fsp3) is 0.533. The van der Waals surface area contributed by atoms with Gasteiger partial charge < -0.3 is 10.7 Å². The lowest BCUT2D eigenvalue weighted by molar-refractivity contribution is 0.441. The number of aromatic amines is 1. The smallest absolute Gasteiger partial charge is 0.179 e. The fourth-order valence-electron chi connectivity index (χ4n) is 2.42. The van der Waals surface area contributed by atoms with E-state index in [1.54, 1.807) is 12.5 Å². The van der Waals surface area contributed by atoms with Crippen molar-refractivity contribution >= 4 is 16.8 Å². The van der Waals surface area contributed by atoms with E-state index in [2.05, 4.69) is 20.2 Å². The highest BCUT2D eigenvalue weighted by Gasteiger charge is 2.06. The van der Waals surface area contributed by atoms with Gasteiger partial charge in [0.15, 0.2) is 11.3 Å². The summed E-state index contributed by atoms with van der Waals surface area (Å²) in [5.41, 5.74) is 8.25. The van der Waals surface area contributed by atoms with E-state index in [-0.39, 0.29) is 0 Å². The third-order valence-electron chi connectivity index (χ3n) is 3.50. The highest BCUT2D eigenvalue weighted by molar-refractivity contribution is 5.73. The summed E-state index contributed by atoms with van der Waals surface area (Å²) >= 11 is 0. The molecule has 1 fully saturated rings. The molecule has 3 aromatic rings. The molecule has 0 amide bonds. The monoisotopic (exact) mass is 288 g/mol. The maximum atomic E-state index is 5.63. The Labute approximate surface area is 124 Å². The summed E-state index contributed by atoms with van der Waals surface area (Å²) in [6.07, 6.45) is 11.9. The molecule has 0 aromatic carbocycles. The predicted octanol–water partition coefficient (Wildman–Crippen LogP) is 2.91. The van der Waals surface area contributed by atoms with E-state index in [1.807, 2.05) is 30.5 Å². The van der Waals surface area contributed by atoms with Crippen LogP contribution in [-0.2, 0) is 0 Å². The van der Waals surface area contributed by atoms with Crippen LogP contribution in [-0.4, -0.2) is 30.6 Å². The summed E-state index contributed by atoms with van der Waals surface area (Å²) < 4.78 is 1.89. The van der Waals surface area contributed by atoms with E-state index in [9.17, 15) is 0 Å². The largest absolute Gasteiger partial charge is 0.345 e. The van der Waals surface area contributed by atoms with Crippen molar-refractivity contribution in [3.8, 4) is 0 Å². The fourth-order valence-corrected chi connectivity index (χ4v) is 2.42. The molecule has 6 heteroatoms. The molecule has 0 atom stereocenters. The predicted molar refractivity (Wildman–Crippen MR) is 85.0 cm³/mol. The van der Waals surface area contributed by atoms with Gasteiger partial charge in [-0.25, -0.2) is 4.98 Å². The first-order valence-electron chi connectivity index (χ1n) is 7.72. The zero-order chi connectivity index (χ0) is 15.1. The van der Waals surface area contributed by atoms with Gasteiger partial charge in [0.25, 0.3) is 0 Å². The SMILES string of the molecule is CC.NC1CCCCC1.c1cc2c(ncc3nncn32)[nH]1. The second-order valence-electron chi connectivity index (χ2n) is 4.93. The molecule has 0 saturated heterocycles. The lowest BCUT2D eigenvalue weighted by atomic mass is 9.97. The van der Waals surface area contributed by atoms with Crippen LogP contribution in [0.5, 0.6) is 0 Å². The van der Waals surface area contributed by atoms with Crippen molar-refractivity contribution in [2.45, 2.75) is 52.0 Å². The van der Waals surface area contributed by atoms with Crippen molar-refractivity contribution in [2.75, 3.05) is 0 Å². The topological polar surface area (TPSA) is 84.9 Å². The Morgan fingerprint density at radius 3 is 2.67 bits per heavy atom. The number of rotatable bonds is 0. The highest BCUT2D eigenvalue weighted by Crippen LogP contribution is 2.14. The zero-order valence-corrected chi connectivity index (χ0v) is 12.8. The Hall–Kier alpha value is -1.95. The first kappa shape index (κ1) is 15.4. The summed E-state index contributed by atoms with van der Waals surface area (Å²) in [5.74, 6) is 0. The van der Waals surface area contributed by atoms with Gasteiger partial charge in [0.1, 0.15) is 6.33 Å². The molecule has 1 aliphatic rings. The molecule has 3 N–H and O–H groups in total. The van der Waals surface area contributed by atoms with Crippen molar-refractivity contribution in [2.24, 2.45) is 5.73 Å². The molecule has 4 rings (SSSR count). The van der Waals surface area contributed by atoms with E-state index in [1.165, 1.54) is 32.1 Å². The van der Waals surface area contributed by atoms with Crippen LogP contribution in [0.15, 0.2) is 24.8 Å². The van der Waals surface area contributed by atoms with Crippen LogP contribution in [0.1, 0.15) is 46.0 Å². The van der Waals surface area contributed by atoms with E-state index >= 15 is 0 Å². The molecule has 3 heterocycles. The lowest BCUT2D eigenvalue weighted by Gasteiger charge is -2.15. The number of H-pyrrole nitrogens is 1. The average Bonchev–Trinajstić information content (AvgIpc) is 3.18. The van der Waals surface area contributed by atoms with E-state index in [4.69, 9.17) is 5.73 Å². The van der Waals surface area contributed by atoms with Crippen molar-refractivity contribution < 1.29 is 0 Å². The molecule has 114 valence electrons. The summed E-state index contributed by atoms with van der Waals surface area (Å²) in [6.45, 7) is 4.00. The van der Waals surface area contributed by atoms with Crippen LogP contribution in [0.2, 0.25) is 0 Å². The number of nitrogens with two attached hydrogens (primary N) is 1. The van der Waals surface area contributed by atoms with E-state index in [0.29, 0.717) is 6.04 Å². The van der Waals surface area contributed by atoms with Gasteiger partial charge in [-0.1, -0.05) is 33.1 Å². The third-order valence-corrected chi connectivity index (χ3v) is 3.50. The van der Waals surface area contributed by atoms with Crippen molar-refractivity contribution in [3.63, 3.8) is 0 Å². The van der Waals surface area contributed by atoms with Crippen LogP contribution >= 0.6 is 0 Å². The van der Waals surface area contributed by atoms with E-state index in [0.717, 1.165) is 16.8 Å². The molecule has 0 bridgehead atoms. The zero-order valence-electron chi connectivity index (χ0n) is 12.8. The number of nitrogens with zero attached hydrogens (tertiary/aromatic N) is 4. The molecular formula is C15H24N6. The van der Waals surface area contributed by atoms with Crippen LogP contribution < -0.4 is 5.73 Å². The Balaban J connectivity index is 0.000000155.